The molecule has 0 radical (unpaired) electrons. The highest BCUT2D eigenvalue weighted by molar-refractivity contribution is 7.85. The van der Waals surface area contributed by atoms with Crippen LogP contribution in [0.1, 0.15) is 19.8 Å². The fraction of sp³-hybridized carbons (Fsp3) is 0.667. The largest absolute Gasteiger partial charge is 0.286 e. The van der Waals surface area contributed by atoms with Crippen LogP contribution in [0.25, 0.3) is 0 Å². The molecule has 0 atom stereocenters. The summed E-state index contributed by atoms with van der Waals surface area (Å²) < 4.78 is 28.0. The second-order valence-corrected chi connectivity index (χ2v) is 3.21. The summed E-state index contributed by atoms with van der Waals surface area (Å²) in [4.78, 5) is 0. The molecule has 0 saturated heterocycles. The van der Waals surface area contributed by atoms with E-state index in [0.717, 1.165) is 6.42 Å². The molecule has 0 aromatic rings. The van der Waals surface area contributed by atoms with Gasteiger partial charge in [-0.25, -0.2) is 0 Å². The van der Waals surface area contributed by atoms with Gasteiger partial charge in [-0.05, 0) is 6.42 Å². The molecule has 0 amide bonds. The molecule has 1 N–H and O–H groups in total. The third kappa shape index (κ3) is 15.6. The Morgan fingerprint density at radius 3 is 1.90 bits per heavy atom. The Morgan fingerprint density at radius 2 is 1.80 bits per heavy atom. The Hall–Kier alpha value is -0.350. The van der Waals surface area contributed by atoms with Crippen molar-refractivity contribution in [3.05, 3.63) is 13.2 Å². The van der Waals surface area contributed by atoms with Gasteiger partial charge in [-0.15, -0.1) is 13.2 Å². The van der Waals surface area contributed by atoms with E-state index in [4.69, 9.17) is 4.55 Å². The lowest BCUT2D eigenvalue weighted by Gasteiger charge is -1.90. The van der Waals surface area contributed by atoms with E-state index in [9.17, 15) is 8.42 Å². The third-order valence-electron chi connectivity index (χ3n) is 0.756. The summed E-state index contributed by atoms with van der Waals surface area (Å²) >= 11 is 0. The SMILES string of the molecule is C=C.CCCCS(=O)(=O)O. The van der Waals surface area contributed by atoms with Crippen molar-refractivity contribution in [3.8, 4) is 0 Å². The van der Waals surface area contributed by atoms with E-state index < -0.39 is 10.1 Å². The minimum Gasteiger partial charge on any atom is -0.286 e. The molecule has 0 aromatic carbocycles. The summed E-state index contributed by atoms with van der Waals surface area (Å²) in [7, 11) is -3.69. The molecule has 0 fully saturated rings. The first kappa shape index (κ1) is 12.3. The molecular weight excluding hydrogens is 152 g/mol. The zero-order valence-corrected chi connectivity index (χ0v) is 7.02. The first-order valence-electron chi connectivity index (χ1n) is 3.01. The van der Waals surface area contributed by atoms with Crippen LogP contribution < -0.4 is 0 Å². The Morgan fingerprint density at radius 1 is 1.40 bits per heavy atom. The second-order valence-electron chi connectivity index (χ2n) is 1.64. The maximum absolute atomic E-state index is 9.95. The molecule has 0 rings (SSSR count). The molecule has 3 nitrogen and oxygen atoms in total. The molecule has 0 aliphatic carbocycles. The Balaban J connectivity index is 0. The monoisotopic (exact) mass is 166 g/mol. The van der Waals surface area contributed by atoms with Gasteiger partial charge in [-0.3, -0.25) is 4.55 Å². The molecular formula is C6H14O3S. The standard InChI is InChI=1S/C4H10O3S.C2H4/c1-2-3-4-8(5,6)7;1-2/h2-4H2,1H3,(H,5,6,7);1-2H2. The van der Waals surface area contributed by atoms with E-state index in [1.165, 1.54) is 0 Å². The van der Waals surface area contributed by atoms with Crippen LogP contribution in [0.3, 0.4) is 0 Å². The van der Waals surface area contributed by atoms with E-state index >= 15 is 0 Å². The van der Waals surface area contributed by atoms with Crippen LogP contribution in [-0.2, 0) is 10.1 Å². The normalized spacial score (nSPS) is 9.80. The van der Waals surface area contributed by atoms with E-state index in [1.54, 1.807) is 0 Å². The van der Waals surface area contributed by atoms with Gasteiger partial charge in [-0.2, -0.15) is 8.42 Å². The molecule has 0 bridgehead atoms. The lowest BCUT2D eigenvalue weighted by Crippen LogP contribution is -2.02. The maximum Gasteiger partial charge on any atom is 0.264 e. The first-order chi connectivity index (χ1) is 4.56. The summed E-state index contributed by atoms with van der Waals surface area (Å²) in [5.41, 5.74) is 0. The Bertz CT molecular complexity index is 148. The van der Waals surface area contributed by atoms with Gasteiger partial charge in [0.15, 0.2) is 0 Å². The minimum atomic E-state index is -3.69. The van der Waals surface area contributed by atoms with Gasteiger partial charge in [0.1, 0.15) is 0 Å². The second kappa shape index (κ2) is 6.77. The van der Waals surface area contributed by atoms with Gasteiger partial charge in [0, 0.05) is 0 Å². The van der Waals surface area contributed by atoms with Crippen LogP contribution in [0.2, 0.25) is 0 Å². The highest BCUT2D eigenvalue weighted by Crippen LogP contribution is 1.90. The van der Waals surface area contributed by atoms with Gasteiger partial charge in [0.25, 0.3) is 10.1 Å². The molecule has 0 aliphatic heterocycles. The molecule has 10 heavy (non-hydrogen) atoms. The van der Waals surface area contributed by atoms with Crippen LogP contribution in [0.5, 0.6) is 0 Å². The lowest BCUT2D eigenvalue weighted by atomic mass is 10.4. The van der Waals surface area contributed by atoms with E-state index in [1.807, 2.05) is 6.92 Å². The van der Waals surface area contributed by atoms with Gasteiger partial charge >= 0.3 is 0 Å². The Kier molecular flexibility index (Phi) is 8.35. The molecule has 4 heteroatoms. The first-order valence-corrected chi connectivity index (χ1v) is 4.62. The summed E-state index contributed by atoms with van der Waals surface area (Å²) in [5.74, 6) is -0.108. The van der Waals surface area contributed by atoms with Crippen LogP contribution in [-0.4, -0.2) is 18.7 Å². The van der Waals surface area contributed by atoms with Crippen molar-refractivity contribution in [1.29, 1.82) is 0 Å². The number of unbranched alkanes of at least 4 members (excludes halogenated alkanes) is 1. The quantitative estimate of drug-likeness (QED) is 0.510. The number of hydrogen-bond donors (Lipinski definition) is 1. The van der Waals surface area contributed by atoms with Crippen LogP contribution >= 0.6 is 0 Å². The van der Waals surface area contributed by atoms with Crippen molar-refractivity contribution in [2.24, 2.45) is 0 Å². The Labute approximate surface area is 62.5 Å². The predicted molar refractivity (Wildman–Crippen MR) is 42.6 cm³/mol. The lowest BCUT2D eigenvalue weighted by molar-refractivity contribution is 0.480. The highest BCUT2D eigenvalue weighted by atomic mass is 32.2. The molecule has 0 aliphatic rings. The van der Waals surface area contributed by atoms with Crippen LogP contribution in [0.4, 0.5) is 0 Å². The molecule has 62 valence electrons. The minimum absolute atomic E-state index is 0.108. The van der Waals surface area contributed by atoms with Gasteiger partial charge in [-0.1, -0.05) is 13.3 Å². The van der Waals surface area contributed by atoms with Crippen molar-refractivity contribution in [2.45, 2.75) is 19.8 Å². The van der Waals surface area contributed by atoms with Gasteiger partial charge in [0.2, 0.25) is 0 Å². The van der Waals surface area contributed by atoms with E-state index in [2.05, 4.69) is 13.2 Å². The summed E-state index contributed by atoms with van der Waals surface area (Å²) in [6.45, 7) is 7.87. The molecule has 0 heterocycles. The van der Waals surface area contributed by atoms with Crippen molar-refractivity contribution in [1.82, 2.24) is 0 Å². The van der Waals surface area contributed by atoms with Crippen LogP contribution in [0.15, 0.2) is 13.2 Å². The maximum atomic E-state index is 9.95. The van der Waals surface area contributed by atoms with E-state index in [0.29, 0.717) is 6.42 Å². The van der Waals surface area contributed by atoms with E-state index in [-0.39, 0.29) is 5.75 Å². The zero-order valence-electron chi connectivity index (χ0n) is 6.21. The van der Waals surface area contributed by atoms with Crippen LogP contribution in [0, 0.1) is 0 Å². The molecule has 0 aromatic heterocycles. The van der Waals surface area contributed by atoms with Gasteiger partial charge < -0.3 is 0 Å². The zero-order chi connectivity index (χ0) is 8.62. The van der Waals surface area contributed by atoms with Crippen molar-refractivity contribution < 1.29 is 13.0 Å². The van der Waals surface area contributed by atoms with Gasteiger partial charge in [0.05, 0.1) is 5.75 Å². The fourth-order valence-corrected chi connectivity index (χ4v) is 0.980. The molecule has 0 spiro atoms. The fourth-order valence-electron chi connectivity index (χ4n) is 0.327. The topological polar surface area (TPSA) is 54.4 Å². The summed E-state index contributed by atoms with van der Waals surface area (Å²) in [6.07, 6.45) is 1.33. The smallest absolute Gasteiger partial charge is 0.264 e. The van der Waals surface area contributed by atoms with Crippen molar-refractivity contribution >= 4 is 10.1 Å². The molecule has 0 saturated carbocycles. The van der Waals surface area contributed by atoms with Crippen molar-refractivity contribution in [2.75, 3.05) is 5.75 Å². The van der Waals surface area contributed by atoms with Crippen molar-refractivity contribution in [3.63, 3.8) is 0 Å². The summed E-state index contributed by atoms with van der Waals surface area (Å²) in [6, 6.07) is 0. The molecule has 0 unspecified atom stereocenters. The highest BCUT2D eigenvalue weighted by Gasteiger charge is 2.00. The third-order valence-corrected chi connectivity index (χ3v) is 1.56. The summed E-state index contributed by atoms with van der Waals surface area (Å²) in [5, 5.41) is 0. The average molecular weight is 166 g/mol. The average Bonchev–Trinajstić information content (AvgIpc) is 1.87. The number of rotatable bonds is 3. The predicted octanol–water partition coefficient (Wildman–Crippen LogP) is 1.48. The number of hydrogen-bond acceptors (Lipinski definition) is 2.